The number of benzene rings is 1. The molecule has 1 heterocycles. The molecule has 1 aliphatic heterocycles. The molecule has 0 spiro atoms. The van der Waals surface area contributed by atoms with E-state index in [-0.39, 0.29) is 33.2 Å². The first-order valence-corrected chi connectivity index (χ1v) is 5.60. The zero-order valence-electron chi connectivity index (χ0n) is 8.58. The largest absolute Gasteiger partial charge is 0.629 e. The van der Waals surface area contributed by atoms with Gasteiger partial charge in [-0.15, -0.1) is 0 Å². The number of hydrogen-bond donors (Lipinski definition) is 3. The summed E-state index contributed by atoms with van der Waals surface area (Å²) < 4.78 is 13.3. The van der Waals surface area contributed by atoms with Crippen molar-refractivity contribution in [2.75, 3.05) is 6.54 Å². The van der Waals surface area contributed by atoms with Crippen molar-refractivity contribution in [3.63, 3.8) is 0 Å². The molecule has 0 saturated carbocycles. The van der Waals surface area contributed by atoms with Gasteiger partial charge in [-0.05, 0) is 28.1 Å². The maximum atomic E-state index is 13.1. The molecular weight excluding hydrogens is 293 g/mol. The second kappa shape index (κ2) is 4.48. The zero-order chi connectivity index (χ0) is 12.6. The number of quaternary nitrogens is 1. The number of allylic oxidation sites excluding steroid dienone is 1. The van der Waals surface area contributed by atoms with Crippen LogP contribution in [0.1, 0.15) is 5.56 Å². The zero-order valence-corrected chi connectivity index (χ0v) is 10.2. The molecule has 4 nitrogen and oxygen atoms in total. The molecule has 1 atom stereocenters. The summed E-state index contributed by atoms with van der Waals surface area (Å²) >= 11 is 3.00. The summed E-state index contributed by atoms with van der Waals surface area (Å²) in [5, 5.41) is 30.1. The number of phenols is 1. The van der Waals surface area contributed by atoms with Crippen molar-refractivity contribution in [2.24, 2.45) is 0 Å². The molecule has 1 unspecified atom stereocenters. The van der Waals surface area contributed by atoms with Crippen LogP contribution in [0.25, 0.3) is 5.57 Å². The Balaban J connectivity index is 2.49. The van der Waals surface area contributed by atoms with Gasteiger partial charge in [0.1, 0.15) is 24.3 Å². The number of phenolic OH excluding ortho intramolecular Hbond substituents is 1. The molecule has 0 amide bonds. The van der Waals surface area contributed by atoms with Crippen LogP contribution in [0.2, 0.25) is 0 Å². The molecule has 90 valence electrons. The minimum atomic E-state index is -0.595. The van der Waals surface area contributed by atoms with E-state index in [1.165, 1.54) is 12.1 Å². The van der Waals surface area contributed by atoms with Gasteiger partial charge in [0.2, 0.25) is 0 Å². The molecule has 0 fully saturated rings. The lowest BCUT2D eigenvalue weighted by molar-refractivity contribution is -0.785. The molecular formula is C11H9BrFNO3. The van der Waals surface area contributed by atoms with Crippen molar-refractivity contribution in [3.05, 3.63) is 51.2 Å². The van der Waals surface area contributed by atoms with Crippen LogP contribution in [-0.2, 0) is 0 Å². The number of hydrogen-bond acceptors (Lipinski definition) is 3. The number of aromatic hydroxyl groups is 1. The highest BCUT2D eigenvalue weighted by Gasteiger charge is 2.18. The number of halogens is 2. The molecule has 0 bridgehead atoms. The lowest BCUT2D eigenvalue weighted by Crippen LogP contribution is -3.02. The predicted molar refractivity (Wildman–Crippen MR) is 63.7 cm³/mol. The minimum Gasteiger partial charge on any atom is -0.629 e. The van der Waals surface area contributed by atoms with Gasteiger partial charge >= 0.3 is 0 Å². The van der Waals surface area contributed by atoms with E-state index in [1.54, 1.807) is 0 Å². The first-order chi connectivity index (χ1) is 7.99. The molecule has 0 radical (unpaired) electrons. The average molecular weight is 302 g/mol. The average Bonchev–Trinajstić information content (AvgIpc) is 2.24. The normalized spacial score (nSPS) is 19.8. The van der Waals surface area contributed by atoms with Gasteiger partial charge in [0.05, 0.1) is 4.47 Å². The van der Waals surface area contributed by atoms with E-state index in [0.29, 0.717) is 5.57 Å². The number of aliphatic hydroxyl groups is 1. The Morgan fingerprint density at radius 3 is 2.71 bits per heavy atom. The van der Waals surface area contributed by atoms with E-state index in [4.69, 9.17) is 0 Å². The third-order valence-electron chi connectivity index (χ3n) is 2.41. The Bertz CT molecular complexity index is 528. The topological polar surface area (TPSA) is 68.0 Å². The molecule has 1 aliphatic rings. The van der Waals surface area contributed by atoms with Crippen molar-refractivity contribution in [2.45, 2.75) is 0 Å². The summed E-state index contributed by atoms with van der Waals surface area (Å²) in [5.74, 6) is -1.11. The molecule has 17 heavy (non-hydrogen) atoms. The Kier molecular flexibility index (Phi) is 3.19. The second-order valence-electron chi connectivity index (χ2n) is 3.60. The van der Waals surface area contributed by atoms with E-state index in [9.17, 15) is 19.8 Å². The highest BCUT2D eigenvalue weighted by molar-refractivity contribution is 9.10. The fourth-order valence-corrected chi connectivity index (χ4v) is 1.94. The molecule has 2 rings (SSSR count). The van der Waals surface area contributed by atoms with Crippen molar-refractivity contribution in [3.8, 4) is 5.75 Å². The van der Waals surface area contributed by atoms with Gasteiger partial charge in [-0.25, -0.2) is 4.39 Å². The molecule has 0 aliphatic carbocycles. The van der Waals surface area contributed by atoms with Crippen molar-refractivity contribution in [1.29, 1.82) is 0 Å². The second-order valence-corrected chi connectivity index (χ2v) is 4.46. The lowest BCUT2D eigenvalue weighted by atomic mass is 10.0. The van der Waals surface area contributed by atoms with Crippen LogP contribution in [0.3, 0.4) is 0 Å². The van der Waals surface area contributed by atoms with Gasteiger partial charge in [-0.1, -0.05) is 0 Å². The monoisotopic (exact) mass is 301 g/mol. The van der Waals surface area contributed by atoms with Crippen LogP contribution in [0.5, 0.6) is 5.75 Å². The third-order valence-corrected chi connectivity index (χ3v) is 3.02. The molecule has 0 saturated heterocycles. The maximum Gasteiger partial charge on any atom is 0.177 e. The quantitative estimate of drug-likeness (QED) is 0.688. The first-order valence-electron chi connectivity index (χ1n) is 4.81. The molecule has 6 heteroatoms. The molecule has 1 aromatic carbocycles. The van der Waals surface area contributed by atoms with Crippen LogP contribution < -0.4 is 5.06 Å². The van der Waals surface area contributed by atoms with Gasteiger partial charge in [0.25, 0.3) is 0 Å². The summed E-state index contributed by atoms with van der Waals surface area (Å²) in [7, 11) is 0. The van der Waals surface area contributed by atoms with Crippen LogP contribution in [-0.4, -0.2) is 16.8 Å². The van der Waals surface area contributed by atoms with Crippen LogP contribution in [0.15, 0.2) is 34.6 Å². The van der Waals surface area contributed by atoms with E-state index in [0.717, 1.165) is 12.3 Å². The Labute approximate surface area is 105 Å². The third kappa shape index (κ3) is 2.33. The first kappa shape index (κ1) is 12.1. The van der Waals surface area contributed by atoms with Crippen LogP contribution in [0, 0.1) is 11.0 Å². The fourth-order valence-electron chi connectivity index (χ4n) is 1.60. The van der Waals surface area contributed by atoms with Crippen LogP contribution >= 0.6 is 15.9 Å². The Morgan fingerprint density at radius 1 is 1.35 bits per heavy atom. The summed E-state index contributed by atoms with van der Waals surface area (Å²) in [6, 6.07) is 2.31. The SMILES string of the molecule is [O-][NH+]1C=C(O)C(c2cc(Br)c(F)cc2O)=CC1. The number of rotatable bonds is 1. The molecule has 1 aromatic rings. The maximum absolute atomic E-state index is 13.1. The highest BCUT2D eigenvalue weighted by atomic mass is 79.9. The van der Waals surface area contributed by atoms with Gasteiger partial charge in [0, 0.05) is 17.2 Å². The van der Waals surface area contributed by atoms with E-state index >= 15 is 0 Å². The van der Waals surface area contributed by atoms with Crippen molar-refractivity contribution >= 4 is 21.5 Å². The summed E-state index contributed by atoms with van der Waals surface area (Å²) in [6.07, 6.45) is 2.59. The van der Waals surface area contributed by atoms with Crippen LogP contribution in [0.4, 0.5) is 4.39 Å². The van der Waals surface area contributed by atoms with Crippen molar-refractivity contribution in [1.82, 2.24) is 0 Å². The highest BCUT2D eigenvalue weighted by Crippen LogP contribution is 2.33. The van der Waals surface area contributed by atoms with Gasteiger partial charge in [0.15, 0.2) is 5.76 Å². The van der Waals surface area contributed by atoms with E-state index < -0.39 is 5.82 Å². The van der Waals surface area contributed by atoms with Gasteiger partial charge < -0.3 is 20.5 Å². The summed E-state index contributed by atoms with van der Waals surface area (Å²) in [4.78, 5) is 0. The Hall–Kier alpha value is -1.37. The van der Waals surface area contributed by atoms with Crippen molar-refractivity contribution < 1.29 is 19.7 Å². The van der Waals surface area contributed by atoms with Gasteiger partial charge in [-0.2, -0.15) is 0 Å². The Morgan fingerprint density at radius 2 is 2.06 bits per heavy atom. The van der Waals surface area contributed by atoms with E-state index in [1.807, 2.05) is 0 Å². The number of hydroxylamine groups is 2. The number of aliphatic hydroxyl groups excluding tert-OH is 1. The fraction of sp³-hybridized carbons (Fsp3) is 0.0909. The summed E-state index contributed by atoms with van der Waals surface area (Å²) in [6.45, 7) is 0.147. The smallest absolute Gasteiger partial charge is 0.177 e. The van der Waals surface area contributed by atoms with E-state index in [2.05, 4.69) is 15.9 Å². The molecule has 3 N–H and O–H groups in total. The molecule has 0 aromatic heterocycles. The lowest BCUT2D eigenvalue weighted by Gasteiger charge is -2.21. The predicted octanol–water partition coefficient (Wildman–Crippen LogP) is 1.47. The number of nitrogens with one attached hydrogen (secondary N) is 1. The standard InChI is InChI=1S/C11H9BrFNO3/c12-8-3-7(10(15)4-9(8)13)6-1-2-14(17)5-11(6)16/h1,3-5,14-16H,2H2. The summed E-state index contributed by atoms with van der Waals surface area (Å²) in [5.41, 5.74) is 0.599. The van der Waals surface area contributed by atoms with Gasteiger partial charge in [-0.3, -0.25) is 0 Å². The minimum absolute atomic E-state index is 0.147.